The van der Waals surface area contributed by atoms with Crippen molar-refractivity contribution in [1.29, 1.82) is 0 Å². The van der Waals surface area contributed by atoms with Crippen molar-refractivity contribution in [1.82, 2.24) is 20.3 Å². The predicted molar refractivity (Wildman–Crippen MR) is 113 cm³/mol. The summed E-state index contributed by atoms with van der Waals surface area (Å²) in [5.74, 6) is 0.345. The Kier molecular flexibility index (Phi) is 4.53. The molecule has 27 heavy (non-hydrogen) atoms. The number of aromatic nitrogens is 3. The highest BCUT2D eigenvalue weighted by Gasteiger charge is 2.17. The Labute approximate surface area is 161 Å². The second kappa shape index (κ2) is 6.87. The van der Waals surface area contributed by atoms with Crippen molar-refractivity contribution in [3.8, 4) is 11.1 Å². The quantitative estimate of drug-likeness (QED) is 0.560. The summed E-state index contributed by atoms with van der Waals surface area (Å²) < 4.78 is 0.751. The highest BCUT2D eigenvalue weighted by Crippen LogP contribution is 2.36. The number of likely N-dealkylation sites (N-methyl/N-ethyl adjacent to an activating group) is 1. The highest BCUT2D eigenvalue weighted by atomic mass is 32.1. The molecule has 0 saturated carbocycles. The van der Waals surface area contributed by atoms with E-state index in [1.54, 1.807) is 0 Å². The maximum atomic E-state index is 12.4. The number of thiophene rings is 1. The molecule has 4 rings (SSSR count). The Balaban J connectivity index is 1.99. The van der Waals surface area contributed by atoms with Gasteiger partial charge in [-0.25, -0.2) is 0 Å². The monoisotopic (exact) mass is 378 g/mol. The summed E-state index contributed by atoms with van der Waals surface area (Å²) in [4.78, 5) is 24.8. The van der Waals surface area contributed by atoms with Gasteiger partial charge in [-0.05, 0) is 38.4 Å². The first-order valence-electron chi connectivity index (χ1n) is 9.02. The summed E-state index contributed by atoms with van der Waals surface area (Å²) in [6, 6.07) is 6.21. The lowest BCUT2D eigenvalue weighted by Gasteiger charge is -2.15. The Morgan fingerprint density at radius 2 is 2.04 bits per heavy atom. The zero-order chi connectivity index (χ0) is 19.1. The minimum absolute atomic E-state index is 0.0541. The average Bonchev–Trinajstić information content (AvgIpc) is 3.14. The van der Waals surface area contributed by atoms with Gasteiger partial charge in [0.05, 0.1) is 11.2 Å². The van der Waals surface area contributed by atoms with Crippen LogP contribution in [-0.4, -0.2) is 28.5 Å². The number of nitrogens with one attached hydrogen (secondary N) is 2. The van der Waals surface area contributed by atoms with E-state index in [9.17, 15) is 4.79 Å². The molecule has 0 aliphatic rings. The molecule has 4 heterocycles. The van der Waals surface area contributed by atoms with E-state index in [-0.39, 0.29) is 5.56 Å². The summed E-state index contributed by atoms with van der Waals surface area (Å²) >= 11 is 1.47. The summed E-state index contributed by atoms with van der Waals surface area (Å²) in [6.07, 6.45) is 1.92. The summed E-state index contributed by atoms with van der Waals surface area (Å²) in [5.41, 5.74) is 5.64. The van der Waals surface area contributed by atoms with Gasteiger partial charge in [-0.15, -0.1) is 11.3 Å². The number of fused-ring (bicyclic) bond motifs is 3. The zero-order valence-electron chi connectivity index (χ0n) is 15.9. The van der Waals surface area contributed by atoms with Gasteiger partial charge in [0.1, 0.15) is 4.70 Å². The van der Waals surface area contributed by atoms with Crippen LogP contribution in [0.4, 0.5) is 0 Å². The first-order chi connectivity index (χ1) is 13.0. The minimum atomic E-state index is -0.0541. The number of pyridine rings is 3. The molecule has 0 spiro atoms. The molecule has 0 fully saturated rings. The van der Waals surface area contributed by atoms with Crippen molar-refractivity contribution in [3.63, 3.8) is 0 Å². The van der Waals surface area contributed by atoms with E-state index in [4.69, 9.17) is 9.97 Å². The molecule has 0 bridgehead atoms. The van der Waals surface area contributed by atoms with Gasteiger partial charge < -0.3 is 10.3 Å². The molecule has 0 unspecified atom stereocenters. The fourth-order valence-electron chi connectivity index (χ4n) is 3.73. The van der Waals surface area contributed by atoms with E-state index in [1.807, 2.05) is 38.5 Å². The first kappa shape index (κ1) is 17.8. The van der Waals surface area contributed by atoms with E-state index in [0.29, 0.717) is 5.92 Å². The Bertz CT molecular complexity index is 1190. The van der Waals surface area contributed by atoms with Crippen LogP contribution in [0.1, 0.15) is 29.9 Å². The van der Waals surface area contributed by atoms with Crippen molar-refractivity contribution in [2.75, 3.05) is 13.6 Å². The van der Waals surface area contributed by atoms with Crippen LogP contribution >= 0.6 is 11.3 Å². The van der Waals surface area contributed by atoms with Crippen LogP contribution in [0.25, 0.3) is 32.1 Å². The lowest BCUT2D eigenvalue weighted by molar-refractivity contribution is 0.661. The molecule has 6 heteroatoms. The number of nitrogens with zero attached hydrogens (tertiary/aromatic N) is 2. The van der Waals surface area contributed by atoms with Gasteiger partial charge >= 0.3 is 0 Å². The van der Waals surface area contributed by atoms with E-state index in [2.05, 4.69) is 29.4 Å². The molecule has 2 N–H and O–H groups in total. The van der Waals surface area contributed by atoms with Crippen LogP contribution in [0, 0.1) is 13.8 Å². The largest absolute Gasteiger partial charge is 0.319 e. The molecular formula is C21H22N4OS. The number of aromatic amines is 1. The number of hydrogen-bond donors (Lipinski definition) is 2. The van der Waals surface area contributed by atoms with Crippen molar-refractivity contribution in [2.45, 2.75) is 26.7 Å². The topological polar surface area (TPSA) is 70.7 Å². The molecule has 0 amide bonds. The van der Waals surface area contributed by atoms with Crippen molar-refractivity contribution < 1.29 is 0 Å². The number of aryl methyl sites for hydroxylation is 2. The smallest absolute Gasteiger partial charge is 0.266 e. The standard InChI is InChI=1S/C21H22N4OS/c1-11(9-22-4)16-6-5-14(10-23-16)17-12(2)24-13(3)19-18(17)15-7-8-27-20(15)21(26)25-19/h5-8,10-11,22H,9H2,1-4H3,(H,25,26)/t11-/m0/s1. The summed E-state index contributed by atoms with van der Waals surface area (Å²) in [7, 11) is 1.95. The second-order valence-electron chi connectivity index (χ2n) is 6.96. The molecular weight excluding hydrogens is 356 g/mol. The highest BCUT2D eigenvalue weighted by molar-refractivity contribution is 7.17. The van der Waals surface area contributed by atoms with Gasteiger partial charge in [0.2, 0.25) is 0 Å². The molecule has 4 aromatic heterocycles. The molecule has 0 radical (unpaired) electrons. The van der Waals surface area contributed by atoms with E-state index < -0.39 is 0 Å². The first-order valence-corrected chi connectivity index (χ1v) is 9.90. The second-order valence-corrected chi connectivity index (χ2v) is 7.87. The van der Waals surface area contributed by atoms with Crippen molar-refractivity contribution >= 4 is 32.3 Å². The Morgan fingerprint density at radius 1 is 1.22 bits per heavy atom. The molecule has 0 saturated heterocycles. The van der Waals surface area contributed by atoms with Gasteiger partial charge in [0.25, 0.3) is 5.56 Å². The Morgan fingerprint density at radius 3 is 2.74 bits per heavy atom. The minimum Gasteiger partial charge on any atom is -0.319 e. The third-order valence-electron chi connectivity index (χ3n) is 5.03. The SMILES string of the molecule is CNC[C@H](C)c1ccc(-c2c(C)nc(C)c3[nH]c(=O)c4sccc4c23)cn1. The van der Waals surface area contributed by atoms with Gasteiger partial charge in [-0.3, -0.25) is 14.8 Å². The lowest BCUT2D eigenvalue weighted by atomic mass is 9.97. The molecule has 5 nitrogen and oxygen atoms in total. The van der Waals surface area contributed by atoms with E-state index >= 15 is 0 Å². The molecule has 0 aromatic carbocycles. The van der Waals surface area contributed by atoms with Crippen LogP contribution in [0.5, 0.6) is 0 Å². The van der Waals surface area contributed by atoms with Gasteiger partial charge in [0.15, 0.2) is 0 Å². The molecule has 0 aliphatic carbocycles. The Hall–Kier alpha value is -2.57. The van der Waals surface area contributed by atoms with Crippen molar-refractivity contribution in [2.24, 2.45) is 0 Å². The normalized spacial score (nSPS) is 12.7. The third-order valence-corrected chi connectivity index (χ3v) is 5.94. The van der Waals surface area contributed by atoms with Crippen LogP contribution in [-0.2, 0) is 0 Å². The van der Waals surface area contributed by atoms with Gasteiger partial charge in [-0.1, -0.05) is 13.0 Å². The summed E-state index contributed by atoms with van der Waals surface area (Å²) in [6.45, 7) is 7.00. The van der Waals surface area contributed by atoms with Gasteiger partial charge in [-0.2, -0.15) is 0 Å². The van der Waals surface area contributed by atoms with Crippen LogP contribution in [0.2, 0.25) is 0 Å². The van der Waals surface area contributed by atoms with Gasteiger partial charge in [0, 0.05) is 51.9 Å². The molecule has 0 aliphatic heterocycles. The van der Waals surface area contributed by atoms with Crippen LogP contribution in [0.15, 0.2) is 34.6 Å². The summed E-state index contributed by atoms with van der Waals surface area (Å²) in [5, 5.41) is 7.19. The third kappa shape index (κ3) is 2.95. The number of H-pyrrole nitrogens is 1. The fraction of sp³-hybridized carbons (Fsp3) is 0.286. The maximum Gasteiger partial charge on any atom is 0.266 e. The maximum absolute atomic E-state index is 12.4. The van der Waals surface area contributed by atoms with E-state index in [0.717, 1.165) is 55.7 Å². The lowest BCUT2D eigenvalue weighted by Crippen LogP contribution is -2.15. The van der Waals surface area contributed by atoms with Crippen molar-refractivity contribution in [3.05, 3.63) is 57.2 Å². The molecule has 4 aromatic rings. The average molecular weight is 379 g/mol. The number of hydrogen-bond acceptors (Lipinski definition) is 5. The fourth-order valence-corrected chi connectivity index (χ4v) is 4.53. The number of rotatable bonds is 4. The molecule has 1 atom stereocenters. The zero-order valence-corrected chi connectivity index (χ0v) is 16.7. The van der Waals surface area contributed by atoms with E-state index in [1.165, 1.54) is 11.3 Å². The van der Waals surface area contributed by atoms with Crippen LogP contribution in [0.3, 0.4) is 0 Å². The predicted octanol–water partition coefficient (Wildman–Crippen LogP) is 4.14. The molecule has 138 valence electrons. The van der Waals surface area contributed by atoms with Crippen LogP contribution < -0.4 is 10.9 Å².